The number of aryl methyl sites for hydroxylation is 1. The number of nitrogen functional groups attached to an aromatic ring is 1. The summed E-state index contributed by atoms with van der Waals surface area (Å²) in [6.45, 7) is 2.94. The van der Waals surface area contributed by atoms with Gasteiger partial charge in [-0.25, -0.2) is 13.1 Å². The molecular weight excluding hydrogens is 286 g/mol. The van der Waals surface area contributed by atoms with Crippen LogP contribution in [0, 0.1) is 6.92 Å². The van der Waals surface area contributed by atoms with Crippen molar-refractivity contribution in [2.75, 3.05) is 32.9 Å². The molecule has 7 heteroatoms. The van der Waals surface area contributed by atoms with E-state index in [9.17, 15) is 8.42 Å². The highest BCUT2D eigenvalue weighted by molar-refractivity contribution is 7.89. The third-order valence-corrected chi connectivity index (χ3v) is 4.60. The summed E-state index contributed by atoms with van der Waals surface area (Å²) in [4.78, 5) is 2.15. The van der Waals surface area contributed by atoms with Crippen LogP contribution in [0.15, 0.2) is 17.0 Å². The first-order valence-electron chi connectivity index (χ1n) is 5.94. The van der Waals surface area contributed by atoms with Gasteiger partial charge in [0.2, 0.25) is 10.0 Å². The molecule has 3 N–H and O–H groups in total. The maximum absolute atomic E-state index is 12.1. The minimum atomic E-state index is -3.53. The lowest BCUT2D eigenvalue weighted by Crippen LogP contribution is -2.27. The van der Waals surface area contributed by atoms with Crippen molar-refractivity contribution in [1.29, 1.82) is 0 Å². The highest BCUT2D eigenvalue weighted by Crippen LogP contribution is 2.26. The summed E-state index contributed by atoms with van der Waals surface area (Å²) in [5.74, 6) is 0. The summed E-state index contributed by atoms with van der Waals surface area (Å²) in [5.41, 5.74) is 6.60. The van der Waals surface area contributed by atoms with Crippen molar-refractivity contribution in [2.45, 2.75) is 18.2 Å². The number of anilines is 1. The summed E-state index contributed by atoms with van der Waals surface area (Å²) >= 11 is 5.92. The second kappa shape index (κ2) is 6.56. The Morgan fingerprint density at radius 3 is 2.53 bits per heavy atom. The first-order chi connectivity index (χ1) is 8.74. The molecule has 108 valence electrons. The molecule has 0 heterocycles. The molecule has 0 saturated carbocycles. The van der Waals surface area contributed by atoms with E-state index in [2.05, 4.69) is 4.72 Å². The maximum atomic E-state index is 12.1. The van der Waals surface area contributed by atoms with Crippen molar-refractivity contribution >= 4 is 27.3 Å². The number of nitrogens with one attached hydrogen (secondary N) is 1. The summed E-state index contributed by atoms with van der Waals surface area (Å²) in [5, 5.41) is 0.395. The van der Waals surface area contributed by atoms with Crippen LogP contribution in [0.25, 0.3) is 0 Å². The lowest BCUT2D eigenvalue weighted by Gasteiger charge is -2.11. The van der Waals surface area contributed by atoms with Gasteiger partial charge in [-0.15, -0.1) is 0 Å². The molecule has 0 aliphatic heterocycles. The first kappa shape index (κ1) is 16.2. The van der Waals surface area contributed by atoms with E-state index >= 15 is 0 Å². The Morgan fingerprint density at radius 1 is 1.37 bits per heavy atom. The average molecular weight is 306 g/mol. The molecule has 0 saturated heterocycles. The Morgan fingerprint density at radius 2 is 2.00 bits per heavy atom. The topological polar surface area (TPSA) is 75.4 Å². The Hall–Kier alpha value is -0.820. The molecule has 1 rings (SSSR count). The molecule has 5 nitrogen and oxygen atoms in total. The molecule has 0 atom stereocenters. The summed E-state index contributed by atoms with van der Waals surface area (Å²) in [6, 6.07) is 2.90. The SMILES string of the molecule is Cc1cc(S(=O)(=O)NCCCN(C)C)cc(N)c1Cl. The van der Waals surface area contributed by atoms with Crippen molar-refractivity contribution in [3.8, 4) is 0 Å². The highest BCUT2D eigenvalue weighted by atomic mass is 35.5. The van der Waals surface area contributed by atoms with Gasteiger partial charge in [-0.2, -0.15) is 0 Å². The lowest BCUT2D eigenvalue weighted by atomic mass is 10.2. The summed E-state index contributed by atoms with van der Waals surface area (Å²) in [7, 11) is 0.357. The molecular formula is C12H20ClN3O2S. The maximum Gasteiger partial charge on any atom is 0.240 e. The second-order valence-corrected chi connectivity index (χ2v) is 6.84. The van der Waals surface area contributed by atoms with E-state index in [-0.39, 0.29) is 10.6 Å². The summed E-state index contributed by atoms with van der Waals surface area (Å²) in [6.07, 6.45) is 0.744. The van der Waals surface area contributed by atoms with Crippen molar-refractivity contribution < 1.29 is 8.42 Å². The van der Waals surface area contributed by atoms with Gasteiger partial charge >= 0.3 is 0 Å². The van der Waals surface area contributed by atoms with Crippen LogP contribution >= 0.6 is 11.6 Å². The molecule has 0 spiro atoms. The summed E-state index contributed by atoms with van der Waals surface area (Å²) < 4.78 is 26.7. The van der Waals surface area contributed by atoms with E-state index in [0.29, 0.717) is 17.1 Å². The third kappa shape index (κ3) is 4.65. The zero-order chi connectivity index (χ0) is 14.6. The molecule has 0 aliphatic rings. The van der Waals surface area contributed by atoms with Crippen molar-refractivity contribution in [3.63, 3.8) is 0 Å². The zero-order valence-electron chi connectivity index (χ0n) is 11.4. The number of nitrogens with two attached hydrogens (primary N) is 1. The fourth-order valence-corrected chi connectivity index (χ4v) is 2.91. The molecule has 0 radical (unpaired) electrons. The lowest BCUT2D eigenvalue weighted by molar-refractivity contribution is 0.400. The zero-order valence-corrected chi connectivity index (χ0v) is 13.0. The number of halogens is 1. The molecule has 1 aromatic rings. The number of rotatable bonds is 6. The van der Waals surface area contributed by atoms with Gasteiger partial charge in [-0.05, 0) is 51.7 Å². The van der Waals surface area contributed by atoms with E-state index in [1.807, 2.05) is 19.0 Å². The van der Waals surface area contributed by atoms with Crippen molar-refractivity contribution in [2.24, 2.45) is 0 Å². The fraction of sp³-hybridized carbons (Fsp3) is 0.500. The van der Waals surface area contributed by atoms with Gasteiger partial charge in [0, 0.05) is 6.54 Å². The normalized spacial score (nSPS) is 12.1. The quantitative estimate of drug-likeness (QED) is 0.616. The van der Waals surface area contributed by atoms with Crippen LogP contribution in [0.5, 0.6) is 0 Å². The van der Waals surface area contributed by atoms with E-state index in [1.165, 1.54) is 12.1 Å². The van der Waals surface area contributed by atoms with Crippen LogP contribution in [0.4, 0.5) is 5.69 Å². The average Bonchev–Trinajstić information content (AvgIpc) is 2.31. The fourth-order valence-electron chi connectivity index (χ4n) is 1.60. The number of sulfonamides is 1. The molecule has 0 unspecified atom stereocenters. The highest BCUT2D eigenvalue weighted by Gasteiger charge is 2.16. The van der Waals surface area contributed by atoms with Crippen LogP contribution in [-0.4, -0.2) is 40.5 Å². The molecule has 0 aliphatic carbocycles. The van der Waals surface area contributed by atoms with Gasteiger partial charge < -0.3 is 10.6 Å². The molecule has 1 aromatic carbocycles. The monoisotopic (exact) mass is 305 g/mol. The molecule has 0 fully saturated rings. The van der Waals surface area contributed by atoms with Crippen LogP contribution in [0.3, 0.4) is 0 Å². The minimum Gasteiger partial charge on any atom is -0.397 e. The Balaban J connectivity index is 2.78. The Kier molecular flexibility index (Phi) is 5.61. The minimum absolute atomic E-state index is 0.150. The van der Waals surface area contributed by atoms with Gasteiger partial charge in [0.15, 0.2) is 0 Å². The number of hydrogen-bond acceptors (Lipinski definition) is 4. The molecule has 0 bridgehead atoms. The molecule has 0 aromatic heterocycles. The molecule has 0 amide bonds. The van der Waals surface area contributed by atoms with Crippen molar-refractivity contribution in [1.82, 2.24) is 9.62 Å². The predicted molar refractivity (Wildman–Crippen MR) is 79.0 cm³/mol. The third-order valence-electron chi connectivity index (χ3n) is 2.64. The van der Waals surface area contributed by atoms with Gasteiger partial charge in [0.05, 0.1) is 15.6 Å². The Labute approximate surface area is 119 Å². The van der Waals surface area contributed by atoms with E-state index < -0.39 is 10.0 Å². The van der Waals surface area contributed by atoms with Gasteiger partial charge in [0.1, 0.15) is 0 Å². The molecule has 19 heavy (non-hydrogen) atoms. The van der Waals surface area contributed by atoms with Gasteiger partial charge in [0.25, 0.3) is 0 Å². The largest absolute Gasteiger partial charge is 0.397 e. The van der Waals surface area contributed by atoms with Crippen LogP contribution in [0.1, 0.15) is 12.0 Å². The van der Waals surface area contributed by atoms with Crippen LogP contribution < -0.4 is 10.5 Å². The standard InChI is InChI=1S/C12H20ClN3O2S/c1-9-7-10(8-11(14)12(9)13)19(17,18)15-5-4-6-16(2)3/h7-8,15H,4-6,14H2,1-3H3. The van der Waals surface area contributed by atoms with Crippen LogP contribution in [0.2, 0.25) is 5.02 Å². The number of hydrogen-bond donors (Lipinski definition) is 2. The van der Waals surface area contributed by atoms with E-state index in [0.717, 1.165) is 13.0 Å². The van der Waals surface area contributed by atoms with E-state index in [4.69, 9.17) is 17.3 Å². The first-order valence-corrected chi connectivity index (χ1v) is 7.80. The predicted octanol–water partition coefficient (Wildman–Crippen LogP) is 1.46. The second-order valence-electron chi connectivity index (χ2n) is 4.70. The van der Waals surface area contributed by atoms with Gasteiger partial charge in [-0.1, -0.05) is 11.6 Å². The van der Waals surface area contributed by atoms with Crippen LogP contribution in [-0.2, 0) is 10.0 Å². The number of benzene rings is 1. The van der Waals surface area contributed by atoms with E-state index in [1.54, 1.807) is 6.92 Å². The number of nitrogens with zero attached hydrogens (tertiary/aromatic N) is 1. The Bertz CT molecular complexity index is 521. The smallest absolute Gasteiger partial charge is 0.240 e. The van der Waals surface area contributed by atoms with Crippen molar-refractivity contribution in [3.05, 3.63) is 22.7 Å². The van der Waals surface area contributed by atoms with Gasteiger partial charge in [-0.3, -0.25) is 0 Å².